The highest BCUT2D eigenvalue weighted by Gasteiger charge is 2.60. The summed E-state index contributed by atoms with van der Waals surface area (Å²) in [6, 6.07) is 18.6. The Hall–Kier alpha value is -4.04. The minimum Gasteiger partial charge on any atom is -0.497 e. The summed E-state index contributed by atoms with van der Waals surface area (Å²) in [5.41, 5.74) is -1.85. The largest absolute Gasteiger partial charge is 0.497 e. The van der Waals surface area contributed by atoms with Gasteiger partial charge in [-0.3, -0.25) is 0 Å². The molecule has 0 fully saturated rings. The molecule has 0 heterocycles. The molecule has 0 saturated heterocycles. The van der Waals surface area contributed by atoms with Crippen LogP contribution in [0, 0.1) is 22.7 Å². The summed E-state index contributed by atoms with van der Waals surface area (Å²) in [6.07, 6.45) is 0. The van der Waals surface area contributed by atoms with E-state index in [2.05, 4.69) is 22.4 Å². The second kappa shape index (κ2) is 10.3. The number of rotatable bonds is 9. The fourth-order valence-electron chi connectivity index (χ4n) is 3.98. The van der Waals surface area contributed by atoms with Gasteiger partial charge in [-0.05, 0) is 49.2 Å². The van der Waals surface area contributed by atoms with Crippen molar-refractivity contribution in [2.24, 2.45) is 10.3 Å². The average Bonchev–Trinajstić information content (AvgIpc) is 2.82. The fourth-order valence-corrected chi connectivity index (χ4v) is 3.98. The number of oxime groups is 2. The summed E-state index contributed by atoms with van der Waals surface area (Å²) in [5.74, 6) is 1.04. The van der Waals surface area contributed by atoms with Crippen molar-refractivity contribution in [2.75, 3.05) is 28.4 Å². The first kappa shape index (κ1) is 24.2. The molecule has 0 aliphatic heterocycles. The maximum absolute atomic E-state index is 10.8. The van der Waals surface area contributed by atoms with Crippen LogP contribution >= 0.6 is 0 Å². The molecule has 0 radical (unpaired) electrons. The SMILES string of the molecule is CO/N=C(\C)[C@](C#N)(c1cccc(OC)c1)[C@](C#N)(/C(C)=N/OC)c1cccc(OC)c1. The zero-order valence-electron chi connectivity index (χ0n) is 19.0. The number of nitriles is 2. The van der Waals surface area contributed by atoms with E-state index in [0.29, 0.717) is 22.6 Å². The highest BCUT2D eigenvalue weighted by molar-refractivity contribution is 6.09. The van der Waals surface area contributed by atoms with E-state index >= 15 is 0 Å². The van der Waals surface area contributed by atoms with Crippen molar-refractivity contribution in [3.05, 3.63) is 59.7 Å². The van der Waals surface area contributed by atoms with Crippen molar-refractivity contribution < 1.29 is 19.1 Å². The Morgan fingerprint density at radius 3 is 1.38 bits per heavy atom. The van der Waals surface area contributed by atoms with E-state index < -0.39 is 10.8 Å². The molecule has 2 aromatic carbocycles. The van der Waals surface area contributed by atoms with Gasteiger partial charge in [0.25, 0.3) is 0 Å². The quantitative estimate of drug-likeness (QED) is 0.436. The highest BCUT2D eigenvalue weighted by atomic mass is 16.6. The molecule has 2 rings (SSSR count). The molecule has 0 saturated carbocycles. The van der Waals surface area contributed by atoms with E-state index in [-0.39, 0.29) is 11.4 Å². The van der Waals surface area contributed by atoms with Crippen molar-refractivity contribution in [1.29, 1.82) is 10.5 Å². The standard InChI is InChI=1S/C24H26N4O4/c1-17(27-31-5)23(15-25,19-9-7-11-21(13-19)29-3)24(16-26,18(2)28-32-6)20-10-8-12-22(14-20)30-4/h7-14H,1-6H3/b27-17+,28-18+/t23-,24-/m1/s1. The molecule has 0 aliphatic carbocycles. The minimum absolute atomic E-state index is 0.255. The lowest BCUT2D eigenvalue weighted by molar-refractivity contribution is 0.206. The first-order chi connectivity index (χ1) is 15.4. The van der Waals surface area contributed by atoms with Crippen LogP contribution < -0.4 is 9.47 Å². The predicted octanol–water partition coefficient (Wildman–Crippen LogP) is 3.97. The number of hydrogen-bond donors (Lipinski definition) is 0. The number of methoxy groups -OCH3 is 2. The van der Waals surface area contributed by atoms with E-state index in [1.165, 1.54) is 28.4 Å². The molecule has 166 valence electrons. The number of nitrogens with zero attached hydrogens (tertiary/aromatic N) is 4. The Bertz CT molecular complexity index is 1010. The summed E-state index contributed by atoms with van der Waals surface area (Å²) in [4.78, 5) is 10.1. The van der Waals surface area contributed by atoms with Gasteiger partial charge < -0.3 is 19.1 Å². The average molecular weight is 434 g/mol. The van der Waals surface area contributed by atoms with Gasteiger partial charge in [0, 0.05) is 0 Å². The Kier molecular flexibility index (Phi) is 7.81. The highest BCUT2D eigenvalue weighted by Crippen LogP contribution is 2.48. The van der Waals surface area contributed by atoms with Crippen LogP contribution in [0.1, 0.15) is 25.0 Å². The van der Waals surface area contributed by atoms with Crippen molar-refractivity contribution in [3.8, 4) is 23.6 Å². The maximum Gasteiger partial charge on any atom is 0.151 e. The lowest BCUT2D eigenvalue weighted by Crippen LogP contribution is -2.56. The summed E-state index contributed by atoms with van der Waals surface area (Å²) in [5, 5.41) is 29.7. The summed E-state index contributed by atoms with van der Waals surface area (Å²) >= 11 is 0. The molecule has 2 atom stereocenters. The molecule has 0 aromatic heterocycles. The second-order valence-electron chi connectivity index (χ2n) is 6.91. The molecular formula is C24H26N4O4. The van der Waals surface area contributed by atoms with Crippen molar-refractivity contribution in [2.45, 2.75) is 24.7 Å². The molecule has 0 amide bonds. The number of hydrogen-bond acceptors (Lipinski definition) is 8. The summed E-state index contributed by atoms with van der Waals surface area (Å²) in [6.45, 7) is 3.27. The molecular weight excluding hydrogens is 408 g/mol. The predicted molar refractivity (Wildman–Crippen MR) is 121 cm³/mol. The third-order valence-electron chi connectivity index (χ3n) is 5.45. The van der Waals surface area contributed by atoms with Gasteiger partial charge in [0.1, 0.15) is 25.7 Å². The summed E-state index contributed by atoms with van der Waals surface area (Å²) in [7, 11) is 5.82. The van der Waals surface area contributed by atoms with Gasteiger partial charge in [0.15, 0.2) is 10.8 Å². The molecule has 2 aromatic rings. The lowest BCUT2D eigenvalue weighted by atomic mass is 9.54. The van der Waals surface area contributed by atoms with Crippen molar-refractivity contribution >= 4 is 11.4 Å². The van der Waals surface area contributed by atoms with E-state index in [4.69, 9.17) is 19.1 Å². The summed E-state index contributed by atoms with van der Waals surface area (Å²) < 4.78 is 10.8. The van der Waals surface area contributed by atoms with E-state index in [9.17, 15) is 10.5 Å². The van der Waals surface area contributed by atoms with Gasteiger partial charge in [0.05, 0.1) is 37.8 Å². The Morgan fingerprint density at radius 2 is 1.09 bits per heavy atom. The first-order valence-corrected chi connectivity index (χ1v) is 9.69. The molecule has 0 unspecified atom stereocenters. The molecule has 0 aliphatic rings. The third kappa shape index (κ3) is 3.83. The third-order valence-corrected chi connectivity index (χ3v) is 5.45. The number of benzene rings is 2. The van der Waals surface area contributed by atoms with Crippen LogP contribution in [0.4, 0.5) is 0 Å². The zero-order chi connectivity index (χ0) is 23.8. The molecule has 0 spiro atoms. The molecule has 8 nitrogen and oxygen atoms in total. The Morgan fingerprint density at radius 1 is 0.719 bits per heavy atom. The molecule has 32 heavy (non-hydrogen) atoms. The first-order valence-electron chi connectivity index (χ1n) is 9.69. The van der Waals surface area contributed by atoms with Gasteiger partial charge in [0.2, 0.25) is 0 Å². The minimum atomic E-state index is -1.66. The lowest BCUT2D eigenvalue weighted by Gasteiger charge is -2.42. The number of ether oxygens (including phenoxy) is 2. The van der Waals surface area contributed by atoms with Crippen LogP contribution in [0.5, 0.6) is 11.5 Å². The van der Waals surface area contributed by atoms with Crippen LogP contribution in [0.15, 0.2) is 58.8 Å². The van der Waals surface area contributed by atoms with Gasteiger partial charge >= 0.3 is 0 Å². The van der Waals surface area contributed by atoms with Gasteiger partial charge in [-0.25, -0.2) is 0 Å². The van der Waals surface area contributed by atoms with Crippen molar-refractivity contribution in [3.63, 3.8) is 0 Å². The van der Waals surface area contributed by atoms with Gasteiger partial charge in [-0.2, -0.15) is 10.5 Å². The van der Waals surface area contributed by atoms with Crippen molar-refractivity contribution in [1.82, 2.24) is 0 Å². The second-order valence-corrected chi connectivity index (χ2v) is 6.91. The van der Waals surface area contributed by atoms with Crippen LogP contribution in [0.25, 0.3) is 0 Å². The maximum atomic E-state index is 10.8. The van der Waals surface area contributed by atoms with E-state index in [0.717, 1.165) is 0 Å². The topological polar surface area (TPSA) is 109 Å². The fraction of sp³-hybridized carbons (Fsp3) is 0.333. The Balaban J connectivity index is 3.15. The van der Waals surface area contributed by atoms with Crippen LogP contribution in [-0.2, 0) is 20.5 Å². The zero-order valence-corrected chi connectivity index (χ0v) is 19.0. The monoisotopic (exact) mass is 434 g/mol. The van der Waals surface area contributed by atoms with Crippen LogP contribution in [0.2, 0.25) is 0 Å². The van der Waals surface area contributed by atoms with Gasteiger partial charge in [-0.15, -0.1) is 0 Å². The van der Waals surface area contributed by atoms with Crippen LogP contribution in [0.3, 0.4) is 0 Å². The Labute approximate surface area is 188 Å². The smallest absolute Gasteiger partial charge is 0.151 e. The van der Waals surface area contributed by atoms with Crippen LogP contribution in [-0.4, -0.2) is 39.9 Å². The normalized spacial score (nSPS) is 15.4. The van der Waals surface area contributed by atoms with Gasteiger partial charge in [-0.1, -0.05) is 34.6 Å². The molecule has 8 heteroatoms. The molecule has 0 bridgehead atoms. The van der Waals surface area contributed by atoms with E-state index in [1.54, 1.807) is 62.4 Å². The van der Waals surface area contributed by atoms with E-state index in [1.807, 2.05) is 0 Å². The molecule has 0 N–H and O–H groups in total.